The Kier molecular flexibility index (Phi) is 4.34. The average molecular weight is 432 g/mol. The maximum Gasteiger partial charge on any atom is 0.297 e. The van der Waals surface area contributed by atoms with E-state index in [1.54, 1.807) is 17.6 Å². The van der Waals surface area contributed by atoms with Gasteiger partial charge in [-0.1, -0.05) is 68.0 Å². The van der Waals surface area contributed by atoms with Crippen molar-refractivity contribution in [2.75, 3.05) is 4.90 Å². The largest absolute Gasteiger partial charge is 0.450 e. The van der Waals surface area contributed by atoms with Crippen LogP contribution in [0.25, 0.3) is 11.0 Å². The highest BCUT2D eigenvalue weighted by atomic mass is 32.1. The summed E-state index contributed by atoms with van der Waals surface area (Å²) in [6.45, 7) is 8.36. The van der Waals surface area contributed by atoms with E-state index in [1.807, 2.05) is 37.3 Å². The number of anilines is 1. The Balaban J connectivity index is 1.77. The molecular weight excluding hydrogens is 410 g/mol. The van der Waals surface area contributed by atoms with Gasteiger partial charge >= 0.3 is 0 Å². The molecule has 0 fully saturated rings. The Morgan fingerprint density at radius 2 is 1.81 bits per heavy atom. The normalized spacial score (nSPS) is 16.2. The number of carbonyl (C=O) groups excluding carboxylic acids is 1. The number of benzene rings is 2. The number of aromatic nitrogens is 2. The van der Waals surface area contributed by atoms with Gasteiger partial charge in [-0.15, -0.1) is 10.2 Å². The van der Waals surface area contributed by atoms with Gasteiger partial charge in [-0.25, -0.2) is 0 Å². The molecule has 2 aromatic heterocycles. The SMILES string of the molecule is Cc1ccc2oc3c(c(=O)c2c1)[C@@H](c1ccc(C(C)(C)C)cc1)N(c1nncs1)C3=O. The smallest absolute Gasteiger partial charge is 0.297 e. The number of nitrogens with zero attached hydrogens (tertiary/aromatic N) is 3. The molecule has 0 N–H and O–H groups in total. The highest BCUT2D eigenvalue weighted by molar-refractivity contribution is 7.13. The van der Waals surface area contributed by atoms with E-state index < -0.39 is 6.04 Å². The van der Waals surface area contributed by atoms with Crippen molar-refractivity contribution in [3.63, 3.8) is 0 Å². The Morgan fingerprint density at radius 1 is 1.06 bits per heavy atom. The minimum atomic E-state index is -0.620. The van der Waals surface area contributed by atoms with Crippen LogP contribution in [0.1, 0.15) is 59.6 Å². The van der Waals surface area contributed by atoms with Crippen molar-refractivity contribution < 1.29 is 9.21 Å². The summed E-state index contributed by atoms with van der Waals surface area (Å²) in [4.78, 5) is 28.5. The van der Waals surface area contributed by atoms with Crippen LogP contribution in [0.3, 0.4) is 0 Å². The Hall–Kier alpha value is -3.32. The molecule has 0 saturated heterocycles. The fraction of sp³-hybridized carbons (Fsp3) is 0.250. The first kappa shape index (κ1) is 19.6. The van der Waals surface area contributed by atoms with Crippen molar-refractivity contribution in [2.45, 2.75) is 39.2 Å². The Bertz CT molecular complexity index is 1370. The van der Waals surface area contributed by atoms with Gasteiger partial charge in [-0.05, 0) is 35.6 Å². The van der Waals surface area contributed by atoms with E-state index in [0.717, 1.165) is 11.1 Å². The lowest BCUT2D eigenvalue weighted by atomic mass is 9.86. The molecule has 1 aliphatic heterocycles. The maximum atomic E-state index is 13.6. The van der Waals surface area contributed by atoms with Gasteiger partial charge in [0.2, 0.25) is 10.9 Å². The quantitative estimate of drug-likeness (QED) is 0.446. The lowest BCUT2D eigenvalue weighted by Gasteiger charge is -2.24. The van der Waals surface area contributed by atoms with Gasteiger partial charge in [0, 0.05) is 0 Å². The van der Waals surface area contributed by atoms with Crippen molar-refractivity contribution in [1.29, 1.82) is 0 Å². The standard InChI is InChI=1S/C24H21N3O3S/c1-13-5-10-17-16(11-13)20(28)18-19(14-6-8-15(9-7-14)24(2,3)4)27(22(29)21(18)30-17)23-26-25-12-31-23/h5-12,19H,1-4H3/t19-/m1/s1. The minimum absolute atomic E-state index is 0.00634. The van der Waals surface area contributed by atoms with Crippen LogP contribution in [-0.2, 0) is 5.41 Å². The average Bonchev–Trinajstić information content (AvgIpc) is 3.35. The molecule has 31 heavy (non-hydrogen) atoms. The summed E-state index contributed by atoms with van der Waals surface area (Å²) < 4.78 is 5.98. The molecule has 5 rings (SSSR count). The van der Waals surface area contributed by atoms with Crippen LogP contribution in [0.5, 0.6) is 0 Å². The molecule has 0 bridgehead atoms. The van der Waals surface area contributed by atoms with E-state index in [-0.39, 0.29) is 22.5 Å². The first-order valence-corrected chi connectivity index (χ1v) is 10.9. The van der Waals surface area contributed by atoms with Gasteiger partial charge < -0.3 is 4.42 Å². The molecule has 0 unspecified atom stereocenters. The summed E-state index contributed by atoms with van der Waals surface area (Å²) in [5, 5.41) is 8.91. The zero-order valence-corrected chi connectivity index (χ0v) is 18.5. The third-order valence-electron chi connectivity index (χ3n) is 5.67. The molecule has 7 heteroatoms. The zero-order chi connectivity index (χ0) is 21.9. The second kappa shape index (κ2) is 6.85. The first-order valence-electron chi connectivity index (χ1n) is 10.0. The molecule has 0 radical (unpaired) electrons. The van der Waals surface area contributed by atoms with Crippen molar-refractivity contribution in [3.05, 3.63) is 86.2 Å². The summed E-state index contributed by atoms with van der Waals surface area (Å²) in [5.41, 5.74) is 5.08. The van der Waals surface area contributed by atoms with Crippen LogP contribution >= 0.6 is 11.3 Å². The van der Waals surface area contributed by atoms with Crippen molar-refractivity contribution in [2.24, 2.45) is 0 Å². The Morgan fingerprint density at radius 3 is 2.45 bits per heavy atom. The van der Waals surface area contributed by atoms with Crippen LogP contribution in [0.2, 0.25) is 0 Å². The molecule has 6 nitrogen and oxygen atoms in total. The predicted octanol–water partition coefficient (Wildman–Crippen LogP) is 5.00. The number of fused-ring (bicyclic) bond motifs is 2. The van der Waals surface area contributed by atoms with Gasteiger partial charge in [-0.2, -0.15) is 0 Å². The number of rotatable bonds is 2. The third kappa shape index (κ3) is 3.08. The maximum absolute atomic E-state index is 13.6. The van der Waals surface area contributed by atoms with E-state index in [9.17, 15) is 9.59 Å². The number of carbonyl (C=O) groups is 1. The highest BCUT2D eigenvalue weighted by Gasteiger charge is 2.45. The summed E-state index contributed by atoms with van der Waals surface area (Å²) in [5.74, 6) is -0.308. The monoisotopic (exact) mass is 431 g/mol. The molecule has 1 amide bonds. The minimum Gasteiger partial charge on any atom is -0.450 e. The molecule has 156 valence electrons. The molecular formula is C24H21N3O3S. The Labute approximate surface area is 183 Å². The topological polar surface area (TPSA) is 76.3 Å². The molecule has 4 aromatic rings. The van der Waals surface area contributed by atoms with Crippen LogP contribution in [0.15, 0.2) is 57.2 Å². The number of aryl methyl sites for hydroxylation is 1. The van der Waals surface area contributed by atoms with Gasteiger partial charge in [-0.3, -0.25) is 14.5 Å². The lowest BCUT2D eigenvalue weighted by Crippen LogP contribution is -2.29. The summed E-state index contributed by atoms with van der Waals surface area (Å²) >= 11 is 1.25. The third-order valence-corrected chi connectivity index (χ3v) is 6.36. The number of amides is 1. The molecule has 0 aliphatic carbocycles. The van der Waals surface area contributed by atoms with Crippen molar-refractivity contribution in [3.8, 4) is 0 Å². The van der Waals surface area contributed by atoms with E-state index in [1.165, 1.54) is 21.8 Å². The second-order valence-electron chi connectivity index (χ2n) is 8.84. The van der Waals surface area contributed by atoms with Crippen molar-refractivity contribution >= 4 is 33.3 Å². The van der Waals surface area contributed by atoms with Crippen LogP contribution in [0, 0.1) is 6.92 Å². The van der Waals surface area contributed by atoms with Crippen LogP contribution in [-0.4, -0.2) is 16.1 Å². The first-order chi connectivity index (χ1) is 14.8. The second-order valence-corrected chi connectivity index (χ2v) is 9.66. The fourth-order valence-electron chi connectivity index (χ4n) is 4.04. The summed E-state index contributed by atoms with van der Waals surface area (Å²) in [7, 11) is 0. The molecule has 0 saturated carbocycles. The molecule has 1 aliphatic rings. The number of hydrogen-bond donors (Lipinski definition) is 0. The van der Waals surface area contributed by atoms with E-state index >= 15 is 0 Å². The van der Waals surface area contributed by atoms with E-state index in [0.29, 0.717) is 21.7 Å². The lowest BCUT2D eigenvalue weighted by molar-refractivity contribution is 0.0970. The number of hydrogen-bond acceptors (Lipinski definition) is 6. The molecule has 3 heterocycles. The summed E-state index contributed by atoms with van der Waals surface area (Å²) in [6, 6.07) is 12.8. The fourth-order valence-corrected chi connectivity index (χ4v) is 4.62. The predicted molar refractivity (Wildman–Crippen MR) is 121 cm³/mol. The summed E-state index contributed by atoms with van der Waals surface area (Å²) in [6.07, 6.45) is 0. The van der Waals surface area contributed by atoms with Crippen LogP contribution in [0.4, 0.5) is 5.13 Å². The van der Waals surface area contributed by atoms with Gasteiger partial charge in [0.15, 0.2) is 5.43 Å². The van der Waals surface area contributed by atoms with Gasteiger partial charge in [0.05, 0.1) is 17.0 Å². The van der Waals surface area contributed by atoms with Crippen molar-refractivity contribution in [1.82, 2.24) is 10.2 Å². The van der Waals surface area contributed by atoms with Gasteiger partial charge in [0.25, 0.3) is 5.91 Å². The molecule has 0 spiro atoms. The van der Waals surface area contributed by atoms with E-state index in [2.05, 4.69) is 31.0 Å². The highest BCUT2D eigenvalue weighted by Crippen LogP contribution is 2.42. The van der Waals surface area contributed by atoms with Crippen LogP contribution < -0.4 is 10.3 Å². The molecule has 2 aromatic carbocycles. The van der Waals surface area contributed by atoms with E-state index in [4.69, 9.17) is 4.42 Å². The van der Waals surface area contributed by atoms with Gasteiger partial charge in [0.1, 0.15) is 11.1 Å². The molecule has 1 atom stereocenters. The zero-order valence-electron chi connectivity index (χ0n) is 17.7.